The van der Waals surface area contributed by atoms with Crippen molar-refractivity contribution in [2.24, 2.45) is 0 Å². The second-order valence-electron chi connectivity index (χ2n) is 1.87. The van der Waals surface area contributed by atoms with Crippen molar-refractivity contribution in [3.8, 4) is 0 Å². The van der Waals surface area contributed by atoms with Gasteiger partial charge < -0.3 is 18.4 Å². The molecule has 0 aliphatic carbocycles. The van der Waals surface area contributed by atoms with Crippen molar-refractivity contribution in [1.29, 1.82) is 0 Å². The molecule has 94 valence electrons. The molecule has 0 heterocycles. The second kappa shape index (κ2) is 16.9. The molecule has 0 atom stereocenters. The number of hydrogen-bond acceptors (Lipinski definition) is 10. The predicted molar refractivity (Wildman–Crippen MR) is 62.6 cm³/mol. The van der Waals surface area contributed by atoms with Crippen LogP contribution in [0.15, 0.2) is 0 Å². The Kier molecular flexibility index (Phi) is 28.0. The molecule has 6 nitrogen and oxygen atoms in total. The van der Waals surface area contributed by atoms with E-state index in [9.17, 15) is 21.4 Å². The van der Waals surface area contributed by atoms with Gasteiger partial charge in [0.25, 0.3) is 0 Å². The van der Waals surface area contributed by atoms with Gasteiger partial charge in [-0.1, -0.05) is 0 Å². The van der Waals surface area contributed by atoms with E-state index in [-0.39, 0.29) is 70.3 Å². The van der Waals surface area contributed by atoms with E-state index in [1.54, 1.807) is 0 Å². The Balaban J connectivity index is -0.000000282. The van der Waals surface area contributed by atoms with Crippen molar-refractivity contribution in [2.45, 2.75) is 0 Å². The van der Waals surface area contributed by atoms with Crippen molar-refractivity contribution in [3.63, 3.8) is 0 Å². The summed E-state index contributed by atoms with van der Waals surface area (Å²) < 4.78 is 50.5. The molecule has 0 aromatic heterocycles. The van der Waals surface area contributed by atoms with Gasteiger partial charge >= 0.3 is 59.1 Å². The van der Waals surface area contributed by atoms with Gasteiger partial charge in [-0.2, -0.15) is 11.8 Å². The zero-order chi connectivity index (χ0) is 11.0. The van der Waals surface area contributed by atoms with Crippen molar-refractivity contribution in [2.75, 3.05) is 23.0 Å². The fourth-order valence-electron chi connectivity index (χ4n) is 0.458. The maximum absolute atomic E-state index is 10.1. The van der Waals surface area contributed by atoms with Crippen molar-refractivity contribution in [1.82, 2.24) is 0 Å². The fourth-order valence-corrected chi connectivity index (χ4v) is 4.73. The van der Waals surface area contributed by atoms with E-state index in [0.717, 1.165) is 10.8 Å². The Morgan fingerprint density at radius 1 is 1.00 bits per heavy atom. The molecule has 0 aliphatic rings. The summed E-state index contributed by atoms with van der Waals surface area (Å²) in [6, 6.07) is 0. The molecule has 0 rings (SSSR count). The van der Waals surface area contributed by atoms with Gasteiger partial charge in [0.1, 0.15) is 9.15 Å². The third-order valence-corrected chi connectivity index (χ3v) is 6.03. The van der Waals surface area contributed by atoms with Crippen LogP contribution in [0.1, 0.15) is 0 Å². The van der Waals surface area contributed by atoms with Crippen LogP contribution >= 0.6 is 33.3 Å². The Hall–Kier alpha value is 2.87. The summed E-state index contributed by atoms with van der Waals surface area (Å²) >= 11 is 1.42. The maximum atomic E-state index is 10.1. The SMILES string of the molecule is O=[S-](=O)SCCSCCSS(=O)(=O)[O-].[Na+].[Na+].[OH-]. The van der Waals surface area contributed by atoms with Crippen molar-refractivity contribution < 1.29 is 86.0 Å². The first-order valence-electron chi connectivity index (χ1n) is 3.32. The number of thioether (sulfide) groups is 1. The molecule has 0 fully saturated rings. The van der Waals surface area contributed by atoms with Crippen molar-refractivity contribution in [3.05, 3.63) is 0 Å². The predicted octanol–water partition coefficient (Wildman–Crippen LogP) is -5.30. The first-order valence-corrected chi connectivity index (χ1v) is 9.96. The molecule has 13 heteroatoms. The largest absolute Gasteiger partial charge is 1.00 e. The molecule has 0 saturated carbocycles. The summed E-state index contributed by atoms with van der Waals surface area (Å²) in [6.45, 7) is 0. The zero-order valence-electron chi connectivity index (χ0n) is 9.36. The maximum Gasteiger partial charge on any atom is 1.00 e. The molecular formula is C4H9Na2O6S5-. The molecule has 0 bridgehead atoms. The van der Waals surface area contributed by atoms with E-state index in [1.165, 1.54) is 11.8 Å². The quantitative estimate of drug-likeness (QED) is 0.137. The van der Waals surface area contributed by atoms with Crippen LogP contribution in [-0.4, -0.2) is 41.5 Å². The van der Waals surface area contributed by atoms with Gasteiger partial charge in [-0.3, -0.25) is 0 Å². The average Bonchev–Trinajstić information content (AvgIpc) is 2.00. The molecule has 0 aromatic rings. The normalized spacial score (nSPS) is 10.0. The Morgan fingerprint density at radius 2 is 1.47 bits per heavy atom. The van der Waals surface area contributed by atoms with Crippen LogP contribution in [0.2, 0.25) is 0 Å². The molecule has 17 heavy (non-hydrogen) atoms. The van der Waals surface area contributed by atoms with Gasteiger partial charge in [-0.15, -0.1) is 0 Å². The topological polar surface area (TPSA) is 121 Å². The summed E-state index contributed by atoms with van der Waals surface area (Å²) in [5.41, 5.74) is 0. The minimum Gasteiger partial charge on any atom is -0.870 e. The first-order chi connectivity index (χ1) is 6.42. The standard InChI is InChI=1S/C4H9O5S5.2Na.H2O/c5-13(6)11-3-1-10-2-4-12-14(7,8)9;;;/h1-4H2,(H,7,8,9);;;1H2/q-1;2*+1;/p-2. The van der Waals surface area contributed by atoms with Gasteiger partial charge in [0.2, 0.25) is 0 Å². The van der Waals surface area contributed by atoms with E-state index in [4.69, 9.17) is 0 Å². The molecule has 0 saturated heterocycles. The van der Waals surface area contributed by atoms with Gasteiger partial charge in [-0.05, 0) is 26.3 Å². The van der Waals surface area contributed by atoms with Gasteiger partial charge in [0.05, 0.1) is 0 Å². The minimum atomic E-state index is -4.18. The van der Waals surface area contributed by atoms with E-state index < -0.39 is 18.9 Å². The average molecular weight is 359 g/mol. The molecule has 0 aromatic carbocycles. The minimum absolute atomic E-state index is 0. The summed E-state index contributed by atoms with van der Waals surface area (Å²) in [5, 5.41) is 0. The second-order valence-corrected chi connectivity index (χ2v) is 9.06. The summed E-state index contributed by atoms with van der Waals surface area (Å²) in [5.74, 6) is 1.85. The third-order valence-electron chi connectivity index (χ3n) is 0.863. The molecule has 0 unspecified atom stereocenters. The zero-order valence-corrected chi connectivity index (χ0v) is 17.4. The van der Waals surface area contributed by atoms with Crippen LogP contribution in [0.3, 0.4) is 0 Å². The van der Waals surface area contributed by atoms with E-state index in [0.29, 0.717) is 28.1 Å². The van der Waals surface area contributed by atoms with E-state index in [2.05, 4.69) is 0 Å². The fraction of sp³-hybridized carbons (Fsp3) is 1.00. The van der Waals surface area contributed by atoms with Crippen LogP contribution < -0.4 is 59.1 Å². The summed E-state index contributed by atoms with van der Waals surface area (Å²) in [6.07, 6.45) is 0. The van der Waals surface area contributed by atoms with Crippen LogP contribution in [0, 0.1) is 0 Å². The van der Waals surface area contributed by atoms with Crippen LogP contribution in [0.4, 0.5) is 0 Å². The molecule has 0 amide bonds. The first kappa shape index (κ1) is 28.1. The Morgan fingerprint density at radius 3 is 1.88 bits per heavy atom. The smallest absolute Gasteiger partial charge is 0.870 e. The Labute approximate surface area is 159 Å². The van der Waals surface area contributed by atoms with Gasteiger partial charge in [0.15, 0.2) is 0 Å². The number of rotatable bonds is 8. The summed E-state index contributed by atoms with van der Waals surface area (Å²) in [4.78, 5) is 0. The van der Waals surface area contributed by atoms with E-state index >= 15 is 0 Å². The monoisotopic (exact) mass is 359 g/mol. The molecule has 1 N–H and O–H groups in total. The van der Waals surface area contributed by atoms with E-state index in [1.807, 2.05) is 0 Å². The third kappa shape index (κ3) is 27.9. The van der Waals surface area contributed by atoms with Crippen LogP contribution in [0.5, 0.6) is 0 Å². The molecule has 0 aliphatic heterocycles. The van der Waals surface area contributed by atoms with Gasteiger partial charge in [0, 0.05) is 17.3 Å². The van der Waals surface area contributed by atoms with Crippen LogP contribution in [-0.2, 0) is 27.3 Å². The summed E-state index contributed by atoms with van der Waals surface area (Å²) in [7, 11) is -5.10. The van der Waals surface area contributed by atoms with Crippen LogP contribution in [0.25, 0.3) is 0 Å². The van der Waals surface area contributed by atoms with Crippen molar-refractivity contribution >= 4 is 52.2 Å². The molecule has 0 spiro atoms. The number of hydrogen-bond donors (Lipinski definition) is 0. The van der Waals surface area contributed by atoms with Gasteiger partial charge in [-0.25, -0.2) is 19.2 Å². The molecule has 0 radical (unpaired) electrons. The molecular weight excluding hydrogens is 350 g/mol. The Bertz CT molecular complexity index is 308.